The summed E-state index contributed by atoms with van der Waals surface area (Å²) in [6, 6.07) is 32.3. The molecular weight excluding hydrogens is 526 g/mol. The third kappa shape index (κ3) is 4.97. The summed E-state index contributed by atoms with van der Waals surface area (Å²) in [6.07, 6.45) is 14.6. The maximum absolute atomic E-state index is 5.08. The molecule has 5 nitrogen and oxygen atoms in total. The lowest BCUT2D eigenvalue weighted by Crippen LogP contribution is -2.22. The van der Waals surface area contributed by atoms with Crippen LogP contribution in [0.1, 0.15) is 54.9 Å². The molecule has 3 N–H and O–H groups in total. The van der Waals surface area contributed by atoms with Gasteiger partial charge in [-0.3, -0.25) is 0 Å². The van der Waals surface area contributed by atoms with Gasteiger partial charge in [0.15, 0.2) is 0 Å². The van der Waals surface area contributed by atoms with Crippen molar-refractivity contribution in [2.75, 3.05) is 5.32 Å². The van der Waals surface area contributed by atoms with Gasteiger partial charge in [-0.25, -0.2) is 9.97 Å². The van der Waals surface area contributed by atoms with Crippen LogP contribution in [0.2, 0.25) is 0 Å². The molecule has 1 aliphatic carbocycles. The molecule has 0 radical (unpaired) electrons. The number of benzene rings is 2. The van der Waals surface area contributed by atoms with Gasteiger partial charge >= 0.3 is 0 Å². The highest BCUT2D eigenvalue weighted by molar-refractivity contribution is 5.96. The second-order valence-electron chi connectivity index (χ2n) is 11.6. The molecule has 2 aromatic carbocycles. The summed E-state index contributed by atoms with van der Waals surface area (Å²) in [7, 11) is 0. The van der Waals surface area contributed by atoms with Crippen LogP contribution >= 0.6 is 0 Å². The Bertz CT molecular complexity index is 1890. The summed E-state index contributed by atoms with van der Waals surface area (Å²) in [6.45, 7) is 0. The summed E-state index contributed by atoms with van der Waals surface area (Å²) in [5.41, 5.74) is 13.4. The molecule has 8 rings (SSSR count). The topological polar surface area (TPSA) is 69.4 Å². The van der Waals surface area contributed by atoms with Gasteiger partial charge < -0.3 is 15.3 Å². The van der Waals surface area contributed by atoms with Gasteiger partial charge in [-0.1, -0.05) is 79.9 Å². The van der Waals surface area contributed by atoms with Crippen molar-refractivity contribution >= 4 is 52.1 Å². The van der Waals surface area contributed by atoms with Gasteiger partial charge in [0.05, 0.1) is 39.5 Å². The van der Waals surface area contributed by atoms with Gasteiger partial charge in [0.25, 0.3) is 0 Å². The van der Waals surface area contributed by atoms with E-state index in [0.29, 0.717) is 6.04 Å². The number of hydrogen-bond acceptors (Lipinski definition) is 3. The number of hydrogen-bond donors (Lipinski definition) is 3. The number of aromatic amines is 2. The molecule has 5 heterocycles. The summed E-state index contributed by atoms with van der Waals surface area (Å²) in [4.78, 5) is 17.8. The lowest BCUT2D eigenvalue weighted by Gasteiger charge is -2.24. The van der Waals surface area contributed by atoms with Crippen molar-refractivity contribution in [3.8, 4) is 22.3 Å². The summed E-state index contributed by atoms with van der Waals surface area (Å²) in [5.74, 6) is 0. The van der Waals surface area contributed by atoms with Crippen molar-refractivity contribution in [3.63, 3.8) is 0 Å². The first-order chi connectivity index (χ1) is 21.3. The summed E-state index contributed by atoms with van der Waals surface area (Å²) >= 11 is 0. The first kappa shape index (κ1) is 25.5. The Kier molecular flexibility index (Phi) is 6.48. The smallest absolute Gasteiger partial charge is 0.0820 e. The standard InChI is InChI=1S/C38H33N5/c1-4-10-25(11-5-1)36-30-18-16-28(39-30)24-29-17-19-31(40-29)37(26-12-6-2-7-13-26)33-21-23-35(43-33)38(34-22-20-32(36)42-34)41-27-14-8-3-9-15-27/h1-2,4-7,10-13,16-24,27,41-43H,3,8-9,14-15H2. The van der Waals surface area contributed by atoms with E-state index in [-0.39, 0.29) is 0 Å². The number of rotatable bonds is 4. The average molecular weight is 560 g/mol. The number of anilines is 1. The highest BCUT2D eigenvalue weighted by Gasteiger charge is 2.17. The minimum Gasteiger partial charge on any atom is -0.379 e. The van der Waals surface area contributed by atoms with Crippen LogP contribution in [0.15, 0.2) is 91.0 Å². The van der Waals surface area contributed by atoms with Gasteiger partial charge in [-0.15, -0.1) is 0 Å². The molecule has 0 saturated heterocycles. The van der Waals surface area contributed by atoms with Crippen molar-refractivity contribution < 1.29 is 0 Å². The molecule has 0 spiro atoms. The van der Waals surface area contributed by atoms with Crippen molar-refractivity contribution in [2.24, 2.45) is 0 Å². The quantitative estimate of drug-likeness (QED) is 0.201. The molecule has 3 aromatic heterocycles. The van der Waals surface area contributed by atoms with E-state index in [1.165, 1.54) is 32.1 Å². The highest BCUT2D eigenvalue weighted by Crippen LogP contribution is 2.35. The molecule has 0 atom stereocenters. The molecule has 3 aliphatic rings. The van der Waals surface area contributed by atoms with E-state index < -0.39 is 0 Å². The highest BCUT2D eigenvalue weighted by atomic mass is 15.0. The molecule has 5 aromatic rings. The van der Waals surface area contributed by atoms with Gasteiger partial charge in [0.1, 0.15) is 0 Å². The predicted molar refractivity (Wildman–Crippen MR) is 180 cm³/mol. The first-order valence-electron chi connectivity index (χ1n) is 15.3. The molecule has 8 bridgehead atoms. The van der Waals surface area contributed by atoms with E-state index in [2.05, 4.69) is 131 Å². The normalized spacial score (nSPS) is 14.7. The Morgan fingerprint density at radius 1 is 0.535 bits per heavy atom. The van der Waals surface area contributed by atoms with Crippen LogP contribution in [0, 0.1) is 0 Å². The second-order valence-corrected chi connectivity index (χ2v) is 11.6. The van der Waals surface area contributed by atoms with Crippen LogP contribution in [0.4, 0.5) is 5.69 Å². The molecule has 1 fully saturated rings. The van der Waals surface area contributed by atoms with Crippen LogP contribution in [0.5, 0.6) is 0 Å². The van der Waals surface area contributed by atoms with Crippen molar-refractivity contribution in [1.82, 2.24) is 19.9 Å². The Hall–Kier alpha value is -5.16. The molecule has 2 aliphatic heterocycles. The zero-order valence-electron chi connectivity index (χ0n) is 24.0. The van der Waals surface area contributed by atoms with Gasteiger partial charge in [-0.05, 0) is 78.6 Å². The minimum atomic E-state index is 0.442. The molecule has 0 unspecified atom stereocenters. The Morgan fingerprint density at radius 2 is 1.02 bits per heavy atom. The van der Waals surface area contributed by atoms with Crippen LogP contribution < -0.4 is 5.32 Å². The molecular formula is C38H33N5. The van der Waals surface area contributed by atoms with Crippen LogP contribution in [0.3, 0.4) is 0 Å². The fourth-order valence-electron chi connectivity index (χ4n) is 6.56. The molecule has 43 heavy (non-hydrogen) atoms. The Labute approximate surface area is 251 Å². The third-order valence-electron chi connectivity index (χ3n) is 8.66. The zero-order chi connectivity index (χ0) is 28.6. The number of nitrogens with zero attached hydrogens (tertiary/aromatic N) is 2. The SMILES string of the molecule is C1=Cc2nc1cc1nc(c(-c3ccccc3)c3ccc([nH]3)c(NC3CCCCC3)c3ccc([nH]3)c2-c2ccccc2)C=C1. The minimum absolute atomic E-state index is 0.442. The van der Waals surface area contributed by atoms with Gasteiger partial charge in [0, 0.05) is 28.2 Å². The number of nitrogens with one attached hydrogen (secondary N) is 3. The van der Waals surface area contributed by atoms with Crippen molar-refractivity contribution in [1.29, 1.82) is 0 Å². The number of fused-ring (bicyclic) bond motifs is 8. The maximum atomic E-state index is 5.08. The van der Waals surface area contributed by atoms with E-state index in [1.54, 1.807) is 0 Å². The van der Waals surface area contributed by atoms with Crippen molar-refractivity contribution in [2.45, 2.75) is 38.1 Å². The lowest BCUT2D eigenvalue weighted by molar-refractivity contribution is 0.463. The Balaban J connectivity index is 1.47. The van der Waals surface area contributed by atoms with Gasteiger partial charge in [0.2, 0.25) is 0 Å². The molecule has 210 valence electrons. The van der Waals surface area contributed by atoms with Crippen molar-refractivity contribution in [3.05, 3.63) is 114 Å². The molecule has 1 saturated carbocycles. The van der Waals surface area contributed by atoms with E-state index in [0.717, 1.165) is 72.8 Å². The first-order valence-corrected chi connectivity index (χ1v) is 15.3. The fourth-order valence-corrected chi connectivity index (χ4v) is 6.56. The van der Waals surface area contributed by atoms with Crippen LogP contribution in [0.25, 0.3) is 68.6 Å². The monoisotopic (exact) mass is 559 g/mol. The summed E-state index contributed by atoms with van der Waals surface area (Å²) in [5, 5.41) is 3.96. The summed E-state index contributed by atoms with van der Waals surface area (Å²) < 4.78 is 0. The average Bonchev–Trinajstić information content (AvgIpc) is 3.88. The maximum Gasteiger partial charge on any atom is 0.0820 e. The third-order valence-corrected chi connectivity index (χ3v) is 8.66. The lowest BCUT2D eigenvalue weighted by atomic mass is 9.95. The van der Waals surface area contributed by atoms with E-state index in [1.807, 2.05) is 0 Å². The predicted octanol–water partition coefficient (Wildman–Crippen LogP) is 9.73. The van der Waals surface area contributed by atoms with E-state index in [4.69, 9.17) is 9.97 Å². The Morgan fingerprint density at radius 3 is 1.53 bits per heavy atom. The van der Waals surface area contributed by atoms with E-state index >= 15 is 0 Å². The van der Waals surface area contributed by atoms with Crippen LogP contribution in [-0.2, 0) is 0 Å². The number of H-pyrrole nitrogens is 2. The zero-order valence-corrected chi connectivity index (χ0v) is 24.0. The largest absolute Gasteiger partial charge is 0.379 e. The fraction of sp³-hybridized carbons (Fsp3) is 0.158. The second kappa shape index (κ2) is 10.9. The van der Waals surface area contributed by atoms with E-state index in [9.17, 15) is 0 Å². The molecule has 5 heteroatoms. The molecule has 0 amide bonds. The van der Waals surface area contributed by atoms with Crippen LogP contribution in [-0.4, -0.2) is 26.0 Å². The number of aromatic nitrogens is 4. The van der Waals surface area contributed by atoms with Gasteiger partial charge in [-0.2, -0.15) is 0 Å².